The molecule has 3 nitrogen and oxygen atoms in total. The van der Waals surface area contributed by atoms with Crippen LogP contribution in [0.4, 0.5) is 4.39 Å². The van der Waals surface area contributed by atoms with Crippen LogP contribution in [0.2, 0.25) is 0 Å². The highest BCUT2D eigenvalue weighted by molar-refractivity contribution is 7.13. The highest BCUT2D eigenvalue weighted by Gasteiger charge is 2.07. The molecule has 2 rings (SSSR count). The van der Waals surface area contributed by atoms with Gasteiger partial charge in [-0.15, -0.1) is 11.3 Å². The van der Waals surface area contributed by atoms with Gasteiger partial charge in [-0.1, -0.05) is 18.2 Å². The van der Waals surface area contributed by atoms with Crippen molar-refractivity contribution in [3.05, 3.63) is 57.5 Å². The summed E-state index contributed by atoms with van der Waals surface area (Å²) in [7, 11) is 0. The number of hydrogen-bond donors (Lipinski definition) is 1. The molecule has 18 heavy (non-hydrogen) atoms. The number of halogens is 1. The third-order valence-electron chi connectivity index (χ3n) is 2.33. The van der Waals surface area contributed by atoms with Gasteiger partial charge in [-0.05, 0) is 18.2 Å². The van der Waals surface area contributed by atoms with Gasteiger partial charge in [0.1, 0.15) is 10.7 Å². The van der Waals surface area contributed by atoms with Gasteiger partial charge in [-0.25, -0.2) is 9.18 Å². The zero-order valence-electron chi connectivity index (χ0n) is 9.43. The maximum atomic E-state index is 13.3. The first kappa shape index (κ1) is 12.7. The van der Waals surface area contributed by atoms with Crippen molar-refractivity contribution < 1.29 is 19.0 Å². The lowest BCUT2D eigenvalue weighted by molar-refractivity contribution is 0.0702. The molecule has 94 valence electrons. The van der Waals surface area contributed by atoms with E-state index in [-0.39, 0.29) is 23.9 Å². The van der Waals surface area contributed by atoms with E-state index in [1.807, 2.05) is 0 Å². The normalized spacial score (nSPS) is 10.5. The van der Waals surface area contributed by atoms with Crippen LogP contribution in [-0.2, 0) is 18.0 Å². The standard InChI is InChI=1S/C13H11FO3S/c14-11-4-2-1-3-9(11)7-17-8-10-5-6-12(18-10)13(15)16/h1-6H,7-8H2,(H,15,16). The lowest BCUT2D eigenvalue weighted by Gasteiger charge is -2.03. The first-order valence-electron chi connectivity index (χ1n) is 5.30. The molecule has 1 aromatic carbocycles. The van der Waals surface area contributed by atoms with Crippen LogP contribution in [0.25, 0.3) is 0 Å². The molecule has 0 bridgehead atoms. The fourth-order valence-electron chi connectivity index (χ4n) is 1.45. The van der Waals surface area contributed by atoms with Crippen LogP contribution in [0, 0.1) is 5.82 Å². The van der Waals surface area contributed by atoms with Crippen LogP contribution < -0.4 is 0 Å². The molecule has 0 spiro atoms. The highest BCUT2D eigenvalue weighted by atomic mass is 32.1. The fraction of sp³-hybridized carbons (Fsp3) is 0.154. The van der Waals surface area contributed by atoms with Gasteiger partial charge >= 0.3 is 5.97 Å². The maximum absolute atomic E-state index is 13.3. The molecule has 0 saturated heterocycles. The number of hydrogen-bond acceptors (Lipinski definition) is 3. The molecule has 0 atom stereocenters. The van der Waals surface area contributed by atoms with Crippen LogP contribution >= 0.6 is 11.3 Å². The van der Waals surface area contributed by atoms with E-state index in [1.54, 1.807) is 24.3 Å². The Labute approximate surface area is 107 Å². The van der Waals surface area contributed by atoms with E-state index in [4.69, 9.17) is 9.84 Å². The molecular formula is C13H11FO3S. The number of thiophene rings is 1. The van der Waals surface area contributed by atoms with Crippen molar-refractivity contribution >= 4 is 17.3 Å². The van der Waals surface area contributed by atoms with Crippen molar-refractivity contribution in [1.82, 2.24) is 0 Å². The van der Waals surface area contributed by atoms with Gasteiger partial charge in [-0.3, -0.25) is 0 Å². The Bertz CT molecular complexity index is 551. The zero-order chi connectivity index (χ0) is 13.0. The smallest absolute Gasteiger partial charge is 0.345 e. The quantitative estimate of drug-likeness (QED) is 0.903. The van der Waals surface area contributed by atoms with E-state index < -0.39 is 5.97 Å². The molecule has 1 heterocycles. The third-order valence-corrected chi connectivity index (χ3v) is 3.38. The molecule has 2 aromatic rings. The van der Waals surface area contributed by atoms with Crippen LogP contribution in [0.15, 0.2) is 36.4 Å². The molecule has 1 aromatic heterocycles. The predicted octanol–water partition coefficient (Wildman–Crippen LogP) is 3.30. The summed E-state index contributed by atoms with van der Waals surface area (Å²) in [5.74, 6) is -1.24. The van der Waals surface area contributed by atoms with Crippen LogP contribution in [0.3, 0.4) is 0 Å². The second-order valence-electron chi connectivity index (χ2n) is 3.66. The first-order chi connectivity index (χ1) is 8.66. The Hall–Kier alpha value is -1.72. The number of carboxylic acid groups (broad SMARTS) is 1. The predicted molar refractivity (Wildman–Crippen MR) is 66.2 cm³/mol. The molecule has 0 fully saturated rings. The zero-order valence-corrected chi connectivity index (χ0v) is 10.2. The van der Waals surface area contributed by atoms with E-state index in [2.05, 4.69) is 0 Å². The SMILES string of the molecule is O=C(O)c1ccc(COCc2ccccc2F)s1. The molecule has 0 saturated carbocycles. The van der Waals surface area contributed by atoms with Crippen LogP contribution in [0.5, 0.6) is 0 Å². The number of carbonyl (C=O) groups is 1. The average molecular weight is 266 g/mol. The van der Waals surface area contributed by atoms with Crippen molar-refractivity contribution in [2.45, 2.75) is 13.2 Å². The molecular weight excluding hydrogens is 255 g/mol. The fourth-order valence-corrected chi connectivity index (χ4v) is 2.23. The van der Waals surface area contributed by atoms with E-state index in [0.717, 1.165) is 16.2 Å². The lowest BCUT2D eigenvalue weighted by atomic mass is 10.2. The second-order valence-corrected chi connectivity index (χ2v) is 4.82. The topological polar surface area (TPSA) is 46.5 Å². The summed E-state index contributed by atoms with van der Waals surface area (Å²) < 4.78 is 18.6. The third kappa shape index (κ3) is 3.15. The Morgan fingerprint density at radius 1 is 1.22 bits per heavy atom. The summed E-state index contributed by atoms with van der Waals surface area (Å²) in [4.78, 5) is 11.8. The molecule has 0 aliphatic rings. The minimum Gasteiger partial charge on any atom is -0.477 e. The summed E-state index contributed by atoms with van der Waals surface area (Å²) >= 11 is 1.16. The van der Waals surface area contributed by atoms with Crippen LogP contribution in [0.1, 0.15) is 20.1 Å². The molecule has 5 heteroatoms. The van der Waals surface area contributed by atoms with Gasteiger partial charge < -0.3 is 9.84 Å². The molecule has 0 amide bonds. The lowest BCUT2D eigenvalue weighted by Crippen LogP contribution is -1.95. The summed E-state index contributed by atoms with van der Waals surface area (Å²) in [5, 5.41) is 8.76. The minimum atomic E-state index is -0.944. The molecule has 0 radical (unpaired) electrons. The molecule has 0 unspecified atom stereocenters. The van der Waals surface area contributed by atoms with Gasteiger partial charge in [0, 0.05) is 10.4 Å². The number of benzene rings is 1. The van der Waals surface area contributed by atoms with E-state index >= 15 is 0 Å². The monoisotopic (exact) mass is 266 g/mol. The second kappa shape index (κ2) is 5.75. The largest absolute Gasteiger partial charge is 0.477 e. The average Bonchev–Trinajstić information content (AvgIpc) is 2.80. The summed E-state index contributed by atoms with van der Waals surface area (Å²) in [6.45, 7) is 0.458. The number of rotatable bonds is 5. The van der Waals surface area contributed by atoms with Crippen molar-refractivity contribution in [2.24, 2.45) is 0 Å². The minimum absolute atomic E-state index is 0.174. The van der Waals surface area contributed by atoms with Gasteiger partial charge in [-0.2, -0.15) is 0 Å². The van der Waals surface area contributed by atoms with Gasteiger partial charge in [0.15, 0.2) is 0 Å². The van der Waals surface area contributed by atoms with Crippen LogP contribution in [-0.4, -0.2) is 11.1 Å². The molecule has 0 aliphatic carbocycles. The van der Waals surface area contributed by atoms with Crippen molar-refractivity contribution in [1.29, 1.82) is 0 Å². The van der Waals surface area contributed by atoms with Crippen molar-refractivity contribution in [2.75, 3.05) is 0 Å². The molecule has 0 aliphatic heterocycles. The number of carboxylic acids is 1. The summed E-state index contributed by atoms with van der Waals surface area (Å²) in [6.07, 6.45) is 0. The van der Waals surface area contributed by atoms with Gasteiger partial charge in [0.05, 0.1) is 13.2 Å². The van der Waals surface area contributed by atoms with Crippen molar-refractivity contribution in [3.63, 3.8) is 0 Å². The Balaban J connectivity index is 1.88. The summed E-state index contributed by atoms with van der Waals surface area (Å²) in [6, 6.07) is 9.65. The van der Waals surface area contributed by atoms with E-state index in [9.17, 15) is 9.18 Å². The van der Waals surface area contributed by atoms with Crippen molar-refractivity contribution in [3.8, 4) is 0 Å². The van der Waals surface area contributed by atoms with E-state index in [0.29, 0.717) is 5.56 Å². The maximum Gasteiger partial charge on any atom is 0.345 e. The number of aromatic carboxylic acids is 1. The Kier molecular flexibility index (Phi) is 4.07. The Morgan fingerprint density at radius 2 is 2.00 bits per heavy atom. The number of ether oxygens (including phenoxy) is 1. The van der Waals surface area contributed by atoms with Gasteiger partial charge in [0.25, 0.3) is 0 Å². The highest BCUT2D eigenvalue weighted by Crippen LogP contribution is 2.18. The summed E-state index contributed by atoms with van der Waals surface area (Å²) in [5.41, 5.74) is 0.493. The Morgan fingerprint density at radius 3 is 2.67 bits per heavy atom. The van der Waals surface area contributed by atoms with E-state index in [1.165, 1.54) is 12.1 Å². The first-order valence-corrected chi connectivity index (χ1v) is 6.11. The molecule has 1 N–H and O–H groups in total. The van der Waals surface area contributed by atoms with Gasteiger partial charge in [0.2, 0.25) is 0 Å².